The van der Waals surface area contributed by atoms with Crippen LogP contribution < -0.4 is 14.2 Å². The molecule has 130 valence electrons. The SMILES string of the molecule is Cc1ccc(NS(=O)(=O)CSc2nc3cc4c(cc3s2)OCO4)cc1. The summed E-state index contributed by atoms with van der Waals surface area (Å²) in [5.74, 6) is 1.37. The third-order valence-electron chi connectivity index (χ3n) is 3.53. The van der Waals surface area contributed by atoms with E-state index >= 15 is 0 Å². The second-order valence-electron chi connectivity index (χ2n) is 5.50. The standard InChI is InChI=1S/C16H14N2O4S3/c1-10-2-4-11(5-3-10)18-25(19,20)9-23-16-17-12-6-13-14(22-8-21-13)7-15(12)24-16/h2-7,18H,8-9H2,1H3. The van der Waals surface area contributed by atoms with Crippen LogP contribution in [0.4, 0.5) is 5.69 Å². The van der Waals surface area contributed by atoms with Gasteiger partial charge in [-0.1, -0.05) is 29.5 Å². The summed E-state index contributed by atoms with van der Waals surface area (Å²) in [6.45, 7) is 2.17. The molecule has 0 saturated heterocycles. The molecule has 0 radical (unpaired) electrons. The van der Waals surface area contributed by atoms with Crippen LogP contribution in [-0.4, -0.2) is 25.3 Å². The number of rotatable bonds is 5. The number of thioether (sulfide) groups is 1. The summed E-state index contributed by atoms with van der Waals surface area (Å²) in [6, 6.07) is 10.9. The fourth-order valence-corrected chi connectivity index (χ4v) is 5.88. The van der Waals surface area contributed by atoms with E-state index in [2.05, 4.69) is 9.71 Å². The number of nitrogens with zero attached hydrogens (tertiary/aromatic N) is 1. The van der Waals surface area contributed by atoms with Gasteiger partial charge in [0.15, 0.2) is 15.8 Å². The zero-order valence-corrected chi connectivity index (χ0v) is 15.6. The summed E-state index contributed by atoms with van der Waals surface area (Å²) in [7, 11) is -3.46. The van der Waals surface area contributed by atoms with Crippen LogP contribution in [0, 0.1) is 6.92 Å². The van der Waals surface area contributed by atoms with E-state index in [1.165, 1.54) is 23.1 Å². The fourth-order valence-electron chi connectivity index (χ4n) is 2.32. The van der Waals surface area contributed by atoms with Gasteiger partial charge in [0.25, 0.3) is 0 Å². The predicted octanol–water partition coefficient (Wildman–Crippen LogP) is 3.82. The van der Waals surface area contributed by atoms with Crippen LogP contribution in [0.3, 0.4) is 0 Å². The molecule has 2 heterocycles. The van der Waals surface area contributed by atoms with Crippen LogP contribution in [0.1, 0.15) is 5.56 Å². The fraction of sp³-hybridized carbons (Fsp3) is 0.188. The Hall–Kier alpha value is -1.97. The Bertz CT molecular complexity index is 988. The maximum atomic E-state index is 12.2. The predicted molar refractivity (Wildman–Crippen MR) is 100 cm³/mol. The van der Waals surface area contributed by atoms with Crippen LogP contribution in [0.2, 0.25) is 0 Å². The van der Waals surface area contributed by atoms with Crippen molar-refractivity contribution >= 4 is 49.0 Å². The summed E-state index contributed by atoms with van der Waals surface area (Å²) < 4.78 is 39.4. The Labute approximate surface area is 153 Å². The topological polar surface area (TPSA) is 77.5 Å². The number of benzene rings is 2. The van der Waals surface area contributed by atoms with Crippen LogP contribution in [0.5, 0.6) is 11.5 Å². The van der Waals surface area contributed by atoms with Gasteiger partial charge in [0, 0.05) is 17.8 Å². The van der Waals surface area contributed by atoms with Crippen molar-refractivity contribution in [3.8, 4) is 11.5 Å². The van der Waals surface area contributed by atoms with Crippen molar-refractivity contribution < 1.29 is 17.9 Å². The van der Waals surface area contributed by atoms with Crippen molar-refractivity contribution in [2.75, 3.05) is 16.6 Å². The molecule has 6 nitrogen and oxygen atoms in total. The first-order valence-corrected chi connectivity index (χ1v) is 10.8. The normalized spacial score (nSPS) is 13.3. The number of hydrogen-bond acceptors (Lipinski definition) is 7. The van der Waals surface area contributed by atoms with Crippen molar-refractivity contribution in [1.29, 1.82) is 0 Å². The largest absolute Gasteiger partial charge is 0.454 e. The van der Waals surface area contributed by atoms with Gasteiger partial charge < -0.3 is 9.47 Å². The number of aromatic nitrogens is 1. The average Bonchev–Trinajstić information content (AvgIpc) is 3.18. The molecule has 0 fully saturated rings. The van der Waals surface area contributed by atoms with Gasteiger partial charge in [0.05, 0.1) is 10.2 Å². The highest BCUT2D eigenvalue weighted by molar-refractivity contribution is 8.13. The molecule has 9 heteroatoms. The molecule has 1 aliphatic rings. The zero-order valence-electron chi connectivity index (χ0n) is 13.2. The van der Waals surface area contributed by atoms with E-state index in [0.29, 0.717) is 21.5 Å². The van der Waals surface area contributed by atoms with Crippen molar-refractivity contribution in [3.63, 3.8) is 0 Å². The van der Waals surface area contributed by atoms with Gasteiger partial charge >= 0.3 is 0 Å². The Morgan fingerprint density at radius 2 is 1.92 bits per heavy atom. The van der Waals surface area contributed by atoms with Gasteiger partial charge in [-0.15, -0.1) is 11.3 Å². The molecule has 25 heavy (non-hydrogen) atoms. The lowest BCUT2D eigenvalue weighted by molar-refractivity contribution is 0.174. The molecule has 2 aromatic carbocycles. The van der Waals surface area contributed by atoms with Gasteiger partial charge in [-0.05, 0) is 19.1 Å². The van der Waals surface area contributed by atoms with E-state index in [1.807, 2.05) is 31.2 Å². The summed E-state index contributed by atoms with van der Waals surface area (Å²) in [5, 5.41) is -0.104. The highest BCUT2D eigenvalue weighted by Crippen LogP contribution is 2.39. The van der Waals surface area contributed by atoms with E-state index < -0.39 is 10.0 Å². The summed E-state index contributed by atoms with van der Waals surface area (Å²) in [6.07, 6.45) is 0. The smallest absolute Gasteiger partial charge is 0.242 e. The average molecular weight is 394 g/mol. The van der Waals surface area contributed by atoms with Gasteiger partial charge in [-0.25, -0.2) is 13.4 Å². The maximum absolute atomic E-state index is 12.2. The molecule has 0 bridgehead atoms. The first-order chi connectivity index (χ1) is 12.0. The van der Waals surface area contributed by atoms with Gasteiger partial charge in [0.2, 0.25) is 16.8 Å². The number of fused-ring (bicyclic) bond motifs is 2. The number of hydrogen-bond donors (Lipinski definition) is 1. The molecule has 0 amide bonds. The minimum absolute atomic E-state index is 0.104. The molecule has 0 saturated carbocycles. The second kappa shape index (κ2) is 6.40. The summed E-state index contributed by atoms with van der Waals surface area (Å²) >= 11 is 2.62. The molecule has 1 aliphatic heterocycles. The second-order valence-corrected chi connectivity index (χ2v) is 9.84. The van der Waals surface area contributed by atoms with E-state index in [4.69, 9.17) is 9.47 Å². The van der Waals surface area contributed by atoms with E-state index in [9.17, 15) is 8.42 Å². The minimum Gasteiger partial charge on any atom is -0.454 e. The number of ether oxygens (including phenoxy) is 2. The van der Waals surface area contributed by atoms with Gasteiger partial charge in [-0.3, -0.25) is 4.72 Å². The molecule has 0 spiro atoms. The lowest BCUT2D eigenvalue weighted by Gasteiger charge is -2.07. The monoisotopic (exact) mass is 394 g/mol. The Morgan fingerprint density at radius 3 is 2.68 bits per heavy atom. The Kier molecular flexibility index (Phi) is 4.22. The highest BCUT2D eigenvalue weighted by atomic mass is 32.3. The molecular weight excluding hydrogens is 380 g/mol. The summed E-state index contributed by atoms with van der Waals surface area (Å²) in [5.41, 5.74) is 2.41. The molecule has 0 unspecified atom stereocenters. The van der Waals surface area contributed by atoms with Crippen molar-refractivity contribution in [1.82, 2.24) is 4.98 Å². The third-order valence-corrected chi connectivity index (χ3v) is 7.54. The minimum atomic E-state index is -3.46. The molecule has 0 aliphatic carbocycles. The number of anilines is 1. The number of sulfonamides is 1. The van der Waals surface area contributed by atoms with Crippen molar-refractivity contribution in [2.24, 2.45) is 0 Å². The van der Waals surface area contributed by atoms with Crippen molar-refractivity contribution in [3.05, 3.63) is 42.0 Å². The quantitative estimate of drug-likeness (QED) is 0.663. The van der Waals surface area contributed by atoms with Crippen LogP contribution >= 0.6 is 23.1 Å². The lowest BCUT2D eigenvalue weighted by Crippen LogP contribution is -2.14. The summed E-state index contributed by atoms with van der Waals surface area (Å²) in [4.78, 5) is 4.47. The zero-order chi connectivity index (χ0) is 17.4. The van der Waals surface area contributed by atoms with Crippen LogP contribution in [-0.2, 0) is 10.0 Å². The molecule has 4 rings (SSSR count). The van der Waals surface area contributed by atoms with Crippen LogP contribution in [0.25, 0.3) is 10.2 Å². The maximum Gasteiger partial charge on any atom is 0.242 e. The highest BCUT2D eigenvalue weighted by Gasteiger charge is 2.18. The Balaban J connectivity index is 1.46. The van der Waals surface area contributed by atoms with Crippen molar-refractivity contribution in [2.45, 2.75) is 11.3 Å². The molecule has 3 aromatic rings. The number of nitrogens with one attached hydrogen (secondary N) is 1. The van der Waals surface area contributed by atoms with Gasteiger partial charge in [-0.2, -0.15) is 0 Å². The number of aryl methyl sites for hydroxylation is 1. The first kappa shape index (κ1) is 16.5. The number of thiazole rings is 1. The van der Waals surface area contributed by atoms with Gasteiger partial charge in [0.1, 0.15) is 5.08 Å². The third kappa shape index (κ3) is 3.68. The first-order valence-electron chi connectivity index (χ1n) is 7.39. The molecule has 1 aromatic heterocycles. The Morgan fingerprint density at radius 1 is 1.20 bits per heavy atom. The van der Waals surface area contributed by atoms with Crippen LogP contribution in [0.15, 0.2) is 40.7 Å². The van der Waals surface area contributed by atoms with E-state index in [1.54, 1.807) is 12.1 Å². The van der Waals surface area contributed by atoms with E-state index in [-0.39, 0.29) is 11.9 Å². The lowest BCUT2D eigenvalue weighted by atomic mass is 10.2. The molecular formula is C16H14N2O4S3. The van der Waals surface area contributed by atoms with E-state index in [0.717, 1.165) is 15.8 Å². The molecule has 0 atom stereocenters. The molecule has 1 N–H and O–H groups in total.